The molecule has 2 amide bonds. The number of halogens is 2. The van der Waals surface area contributed by atoms with Gasteiger partial charge in [0, 0.05) is 23.8 Å². The number of fused-ring (bicyclic) bond motifs is 1. The van der Waals surface area contributed by atoms with E-state index in [0.717, 1.165) is 4.90 Å². The van der Waals surface area contributed by atoms with Crippen LogP contribution in [0.4, 0.5) is 5.69 Å². The Morgan fingerprint density at radius 3 is 2.36 bits per heavy atom. The number of nitrogens with zero attached hydrogens (tertiary/aromatic N) is 4. The number of ether oxygens (including phenoxy) is 2. The van der Waals surface area contributed by atoms with Gasteiger partial charge in [-0.2, -0.15) is 9.67 Å². The van der Waals surface area contributed by atoms with Crippen molar-refractivity contribution in [1.29, 1.82) is 0 Å². The molecular formula is C28H20Cl2N4O5. The molecule has 0 N–H and O–H groups in total. The van der Waals surface area contributed by atoms with Crippen LogP contribution in [0.5, 0.6) is 17.4 Å². The summed E-state index contributed by atoms with van der Waals surface area (Å²) in [6, 6.07) is 14.7. The first-order valence-corrected chi connectivity index (χ1v) is 12.8. The lowest BCUT2D eigenvalue weighted by molar-refractivity contribution is -0.576. The number of hydrogen-bond donors (Lipinski definition) is 0. The van der Waals surface area contributed by atoms with Crippen LogP contribution in [0.15, 0.2) is 67.0 Å². The van der Waals surface area contributed by atoms with E-state index in [9.17, 15) is 14.7 Å². The number of benzene rings is 2. The highest BCUT2D eigenvalue weighted by Crippen LogP contribution is 2.43. The third kappa shape index (κ3) is 4.02. The van der Waals surface area contributed by atoms with Gasteiger partial charge in [-0.1, -0.05) is 43.1 Å². The van der Waals surface area contributed by atoms with Gasteiger partial charge < -0.3 is 14.6 Å². The maximum absolute atomic E-state index is 14.1. The van der Waals surface area contributed by atoms with Crippen LogP contribution in [-0.2, 0) is 9.59 Å². The van der Waals surface area contributed by atoms with Gasteiger partial charge in [-0.25, -0.2) is 9.58 Å². The van der Waals surface area contributed by atoms with Gasteiger partial charge in [0.1, 0.15) is 5.57 Å². The molecule has 39 heavy (non-hydrogen) atoms. The average Bonchev–Trinajstić information content (AvgIpc) is 3.59. The molecule has 6 rings (SSSR count). The zero-order valence-corrected chi connectivity index (χ0v) is 22.2. The van der Waals surface area contributed by atoms with E-state index in [1.54, 1.807) is 60.9 Å². The monoisotopic (exact) mass is 562 g/mol. The van der Waals surface area contributed by atoms with E-state index in [1.807, 2.05) is 13.8 Å². The zero-order chi connectivity index (χ0) is 27.4. The largest absolute Gasteiger partial charge is 0.858 e. The van der Waals surface area contributed by atoms with Crippen LogP contribution in [0.3, 0.4) is 0 Å². The molecule has 0 fully saturated rings. The van der Waals surface area contributed by atoms with Crippen molar-refractivity contribution in [2.75, 3.05) is 11.7 Å². The predicted molar refractivity (Wildman–Crippen MR) is 142 cm³/mol. The normalized spacial score (nSPS) is 14.7. The van der Waals surface area contributed by atoms with E-state index in [-0.39, 0.29) is 40.3 Å². The van der Waals surface area contributed by atoms with Crippen LogP contribution in [0.1, 0.15) is 31.0 Å². The van der Waals surface area contributed by atoms with Crippen LogP contribution < -0.4 is 24.0 Å². The van der Waals surface area contributed by atoms with E-state index in [4.69, 9.17) is 32.7 Å². The van der Waals surface area contributed by atoms with E-state index in [2.05, 4.69) is 5.10 Å². The van der Waals surface area contributed by atoms with Gasteiger partial charge in [-0.3, -0.25) is 9.59 Å². The predicted octanol–water partition coefficient (Wildman–Crippen LogP) is 4.33. The molecule has 0 bridgehead atoms. The molecule has 0 radical (unpaired) electrons. The highest BCUT2D eigenvalue weighted by atomic mass is 35.5. The van der Waals surface area contributed by atoms with Crippen molar-refractivity contribution in [2.45, 2.75) is 19.8 Å². The van der Waals surface area contributed by atoms with E-state index in [1.165, 1.54) is 15.3 Å². The van der Waals surface area contributed by atoms with Crippen molar-refractivity contribution in [1.82, 2.24) is 9.78 Å². The van der Waals surface area contributed by atoms with Gasteiger partial charge in [-0.05, 0) is 42.1 Å². The molecule has 11 heteroatoms. The molecule has 0 spiro atoms. The Kier molecular flexibility index (Phi) is 6.05. The molecule has 9 nitrogen and oxygen atoms in total. The Hall–Kier alpha value is -4.34. The van der Waals surface area contributed by atoms with Crippen molar-refractivity contribution in [3.8, 4) is 23.1 Å². The summed E-state index contributed by atoms with van der Waals surface area (Å²) in [5, 5.41) is 19.1. The standard InChI is InChI=1S/C28H20Cl2N4O5/c1-15(2)24-22(27(36)34(31-24)17-6-8-18(29)19(30)12-17)23-25(32-10-4-3-5-11-32)28(37)33(26(23)35)16-7-9-20-21(13-16)39-14-38-20/h3-13,15H,14H2,1-2H3. The molecule has 0 saturated heterocycles. The fourth-order valence-corrected chi connectivity index (χ4v) is 4.93. The van der Waals surface area contributed by atoms with Gasteiger partial charge in [0.15, 0.2) is 23.9 Å². The summed E-state index contributed by atoms with van der Waals surface area (Å²) in [5.41, 5.74) is 1.06. The van der Waals surface area contributed by atoms with Crippen LogP contribution in [-0.4, -0.2) is 28.4 Å². The Labute approximate surface area is 233 Å². The Morgan fingerprint density at radius 2 is 1.64 bits per heavy atom. The fourth-order valence-electron chi connectivity index (χ4n) is 4.64. The first kappa shape index (κ1) is 25.0. The van der Waals surface area contributed by atoms with Crippen molar-refractivity contribution in [3.63, 3.8) is 0 Å². The number of pyridine rings is 1. The number of imide groups is 1. The van der Waals surface area contributed by atoms with Crippen LogP contribution >= 0.6 is 23.2 Å². The van der Waals surface area contributed by atoms with Crippen molar-refractivity contribution >= 4 is 52.0 Å². The summed E-state index contributed by atoms with van der Waals surface area (Å²) in [6.07, 6.45) is 3.29. The molecule has 2 aromatic heterocycles. The number of carbonyl (C=O) groups excluding carboxylic acids is 2. The van der Waals surface area contributed by atoms with Crippen LogP contribution in [0.2, 0.25) is 10.0 Å². The lowest BCUT2D eigenvalue weighted by atomic mass is 9.98. The SMILES string of the molecule is CC(C)c1nn(-c2ccc(Cl)c(Cl)c2)c([O-])c1C1=C([n+]2ccccc2)C(=O)N(c2ccc3c(c2)OCO3)C1=O. The van der Waals surface area contributed by atoms with Crippen molar-refractivity contribution in [2.24, 2.45) is 0 Å². The minimum Gasteiger partial charge on any atom is -0.858 e. The van der Waals surface area contributed by atoms with Gasteiger partial charge in [0.05, 0.1) is 27.1 Å². The smallest absolute Gasteiger partial charge is 0.331 e. The van der Waals surface area contributed by atoms with E-state index >= 15 is 0 Å². The highest BCUT2D eigenvalue weighted by molar-refractivity contribution is 6.53. The number of anilines is 1. The summed E-state index contributed by atoms with van der Waals surface area (Å²) < 4.78 is 13.5. The van der Waals surface area contributed by atoms with Crippen molar-refractivity contribution < 1.29 is 28.7 Å². The minimum atomic E-state index is -0.655. The first-order valence-electron chi connectivity index (χ1n) is 12.0. The van der Waals surface area contributed by atoms with Gasteiger partial charge >= 0.3 is 5.91 Å². The van der Waals surface area contributed by atoms with Crippen LogP contribution in [0.25, 0.3) is 17.0 Å². The molecule has 2 aliphatic heterocycles. The molecule has 4 aromatic rings. The summed E-state index contributed by atoms with van der Waals surface area (Å²) in [4.78, 5) is 29.1. The highest BCUT2D eigenvalue weighted by Gasteiger charge is 2.48. The maximum Gasteiger partial charge on any atom is 0.331 e. The summed E-state index contributed by atoms with van der Waals surface area (Å²) in [6.45, 7) is 3.76. The second-order valence-electron chi connectivity index (χ2n) is 9.22. The molecule has 196 valence electrons. The Morgan fingerprint density at radius 1 is 0.923 bits per heavy atom. The minimum absolute atomic E-state index is 0.0333. The fraction of sp³-hybridized carbons (Fsp3) is 0.143. The lowest BCUT2D eigenvalue weighted by Gasteiger charge is -2.16. The molecular weight excluding hydrogens is 543 g/mol. The van der Waals surface area contributed by atoms with Crippen LogP contribution in [0, 0.1) is 0 Å². The van der Waals surface area contributed by atoms with Gasteiger partial charge in [-0.15, -0.1) is 0 Å². The average molecular weight is 563 g/mol. The summed E-state index contributed by atoms with van der Waals surface area (Å²) in [7, 11) is 0. The zero-order valence-electron chi connectivity index (χ0n) is 20.7. The molecule has 0 atom stereocenters. The summed E-state index contributed by atoms with van der Waals surface area (Å²) >= 11 is 12.3. The third-order valence-corrected chi connectivity index (χ3v) is 7.20. The Bertz CT molecular complexity index is 1700. The number of rotatable bonds is 5. The molecule has 2 aliphatic rings. The number of carbonyl (C=O) groups is 2. The molecule has 0 aliphatic carbocycles. The summed E-state index contributed by atoms with van der Waals surface area (Å²) in [5.74, 6) is -1.14. The lowest BCUT2D eigenvalue weighted by Crippen LogP contribution is -2.39. The van der Waals surface area contributed by atoms with Crippen molar-refractivity contribution in [3.05, 3.63) is 88.3 Å². The first-order chi connectivity index (χ1) is 18.8. The van der Waals surface area contributed by atoms with Gasteiger partial charge in [0.2, 0.25) is 6.79 Å². The second-order valence-corrected chi connectivity index (χ2v) is 10.0. The molecule has 0 saturated carbocycles. The van der Waals surface area contributed by atoms with E-state index in [0.29, 0.717) is 27.9 Å². The number of aromatic nitrogens is 3. The molecule has 0 unspecified atom stereocenters. The number of amides is 2. The number of hydrogen-bond acceptors (Lipinski definition) is 6. The van der Waals surface area contributed by atoms with E-state index < -0.39 is 17.7 Å². The third-order valence-electron chi connectivity index (χ3n) is 6.46. The maximum atomic E-state index is 14.1. The molecule has 2 aromatic carbocycles. The van der Waals surface area contributed by atoms with Gasteiger partial charge in [0.25, 0.3) is 11.6 Å². The molecule has 4 heterocycles. The quantitative estimate of drug-likeness (QED) is 0.265. The Balaban J connectivity index is 1.58. The second kappa shape index (κ2) is 9.44. The topological polar surface area (TPSA) is 101 Å².